The molecule has 20 heavy (non-hydrogen) atoms. The van der Waals surface area contributed by atoms with E-state index in [9.17, 15) is 0 Å². The van der Waals surface area contributed by atoms with E-state index >= 15 is 0 Å². The first kappa shape index (κ1) is 13.0. The quantitative estimate of drug-likeness (QED) is 0.717. The minimum Gasteiger partial charge on any atom is -0.398 e. The summed E-state index contributed by atoms with van der Waals surface area (Å²) in [6.07, 6.45) is 0. The number of halogens is 2. The van der Waals surface area contributed by atoms with E-state index < -0.39 is 0 Å². The third kappa shape index (κ3) is 2.24. The van der Waals surface area contributed by atoms with Crippen LogP contribution in [0.1, 0.15) is 0 Å². The van der Waals surface area contributed by atoms with E-state index in [1.807, 2.05) is 18.2 Å². The van der Waals surface area contributed by atoms with Gasteiger partial charge in [0.15, 0.2) is 0 Å². The first-order valence-electron chi connectivity index (χ1n) is 5.80. The second kappa shape index (κ2) is 5.15. The second-order valence-corrected chi connectivity index (χ2v) is 4.90. The van der Waals surface area contributed by atoms with E-state index in [4.69, 9.17) is 33.5 Å². The van der Waals surface area contributed by atoms with E-state index in [2.05, 4.69) is 10.1 Å². The van der Waals surface area contributed by atoms with E-state index in [1.54, 1.807) is 24.3 Å². The van der Waals surface area contributed by atoms with Crippen LogP contribution in [-0.2, 0) is 0 Å². The van der Waals surface area contributed by atoms with Gasteiger partial charge in [-0.05, 0) is 24.3 Å². The Labute approximate surface area is 125 Å². The molecule has 100 valence electrons. The summed E-state index contributed by atoms with van der Waals surface area (Å²) in [5.74, 6) is 0.713. The molecule has 0 bridgehead atoms. The van der Waals surface area contributed by atoms with Crippen molar-refractivity contribution in [3.63, 3.8) is 0 Å². The Balaban J connectivity index is 2.07. The third-order valence-corrected chi connectivity index (χ3v) is 3.63. The zero-order chi connectivity index (χ0) is 14.1. The summed E-state index contributed by atoms with van der Waals surface area (Å²) in [6.45, 7) is 0. The van der Waals surface area contributed by atoms with Crippen molar-refractivity contribution in [3.05, 3.63) is 52.5 Å². The summed E-state index contributed by atoms with van der Waals surface area (Å²) in [5, 5.41) is 4.74. The van der Waals surface area contributed by atoms with E-state index in [0.29, 0.717) is 38.6 Å². The number of rotatable bonds is 2. The maximum Gasteiger partial charge on any atom is 0.259 e. The maximum atomic E-state index is 6.13. The van der Waals surface area contributed by atoms with Gasteiger partial charge in [-0.25, -0.2) is 0 Å². The predicted octanol–water partition coefficient (Wildman–Crippen LogP) is 4.29. The van der Waals surface area contributed by atoms with Crippen molar-refractivity contribution in [1.82, 2.24) is 10.1 Å². The molecular weight excluding hydrogens is 297 g/mol. The summed E-state index contributed by atoms with van der Waals surface area (Å²) in [6, 6.07) is 12.5. The van der Waals surface area contributed by atoms with Gasteiger partial charge in [0.1, 0.15) is 0 Å². The topological polar surface area (TPSA) is 64.9 Å². The third-order valence-electron chi connectivity index (χ3n) is 2.81. The molecule has 0 amide bonds. The van der Waals surface area contributed by atoms with Gasteiger partial charge in [-0.1, -0.05) is 46.6 Å². The SMILES string of the molecule is Nc1ccccc1-c1noc(-c2cccc(Cl)c2Cl)n1. The van der Waals surface area contributed by atoms with Gasteiger partial charge in [-0.2, -0.15) is 4.98 Å². The van der Waals surface area contributed by atoms with E-state index in [-0.39, 0.29) is 0 Å². The minimum atomic E-state index is 0.302. The van der Waals surface area contributed by atoms with Crippen LogP contribution < -0.4 is 5.73 Å². The van der Waals surface area contributed by atoms with E-state index in [1.165, 1.54) is 0 Å². The molecule has 2 aromatic carbocycles. The molecule has 6 heteroatoms. The van der Waals surface area contributed by atoms with Crippen molar-refractivity contribution in [2.45, 2.75) is 0 Å². The molecule has 0 aliphatic carbocycles. The zero-order valence-electron chi connectivity index (χ0n) is 10.2. The van der Waals surface area contributed by atoms with Crippen molar-refractivity contribution in [2.24, 2.45) is 0 Å². The highest BCUT2D eigenvalue weighted by Crippen LogP contribution is 2.33. The monoisotopic (exact) mass is 305 g/mol. The minimum absolute atomic E-state index is 0.302. The molecule has 4 nitrogen and oxygen atoms in total. The molecule has 0 atom stereocenters. The van der Waals surface area contributed by atoms with Gasteiger partial charge >= 0.3 is 0 Å². The Bertz CT molecular complexity index is 771. The van der Waals surface area contributed by atoms with Gasteiger partial charge in [-0.3, -0.25) is 0 Å². The smallest absolute Gasteiger partial charge is 0.259 e. The summed E-state index contributed by atoms with van der Waals surface area (Å²) in [7, 11) is 0. The number of nitrogens with two attached hydrogens (primary N) is 1. The Morgan fingerprint density at radius 1 is 0.950 bits per heavy atom. The van der Waals surface area contributed by atoms with Gasteiger partial charge in [0.25, 0.3) is 5.89 Å². The lowest BCUT2D eigenvalue weighted by molar-refractivity contribution is 0.432. The predicted molar refractivity (Wildman–Crippen MR) is 79.6 cm³/mol. The van der Waals surface area contributed by atoms with Crippen LogP contribution in [0.3, 0.4) is 0 Å². The summed E-state index contributed by atoms with van der Waals surface area (Å²) < 4.78 is 5.24. The lowest BCUT2D eigenvalue weighted by Gasteiger charge is -2.00. The van der Waals surface area contributed by atoms with Crippen LogP contribution in [0.4, 0.5) is 5.69 Å². The molecule has 0 aliphatic heterocycles. The summed E-state index contributed by atoms with van der Waals surface area (Å²) >= 11 is 12.1. The van der Waals surface area contributed by atoms with Gasteiger partial charge in [0.2, 0.25) is 5.82 Å². The van der Waals surface area contributed by atoms with Crippen molar-refractivity contribution in [1.29, 1.82) is 0 Å². The lowest BCUT2D eigenvalue weighted by atomic mass is 10.1. The van der Waals surface area contributed by atoms with Crippen LogP contribution in [0.15, 0.2) is 47.0 Å². The molecule has 0 unspecified atom stereocenters. The molecule has 1 aromatic heterocycles. The first-order valence-corrected chi connectivity index (χ1v) is 6.55. The molecule has 3 aromatic rings. The number of para-hydroxylation sites is 1. The van der Waals surface area contributed by atoms with Gasteiger partial charge < -0.3 is 10.3 Å². The molecule has 0 radical (unpaired) electrons. The number of nitrogens with zero attached hydrogens (tertiary/aromatic N) is 2. The second-order valence-electron chi connectivity index (χ2n) is 4.11. The first-order chi connectivity index (χ1) is 9.66. The fraction of sp³-hybridized carbons (Fsp3) is 0. The molecule has 0 saturated carbocycles. The number of anilines is 1. The van der Waals surface area contributed by atoms with Crippen molar-refractivity contribution in [2.75, 3.05) is 5.73 Å². The zero-order valence-corrected chi connectivity index (χ0v) is 11.7. The number of hydrogen-bond donors (Lipinski definition) is 1. The number of hydrogen-bond acceptors (Lipinski definition) is 4. The lowest BCUT2D eigenvalue weighted by Crippen LogP contribution is -1.90. The van der Waals surface area contributed by atoms with E-state index in [0.717, 1.165) is 0 Å². The molecule has 0 saturated heterocycles. The molecule has 2 N–H and O–H groups in total. The van der Waals surface area contributed by atoms with Crippen molar-refractivity contribution in [3.8, 4) is 22.8 Å². The van der Waals surface area contributed by atoms with Crippen LogP contribution in [0.25, 0.3) is 22.8 Å². The average Bonchev–Trinajstić information content (AvgIpc) is 2.92. The molecular formula is C14H9Cl2N3O. The molecule has 3 rings (SSSR count). The largest absolute Gasteiger partial charge is 0.398 e. The van der Waals surface area contributed by atoms with Gasteiger partial charge in [0.05, 0.1) is 15.6 Å². The number of benzene rings is 2. The van der Waals surface area contributed by atoms with Crippen LogP contribution in [0.5, 0.6) is 0 Å². The Hall–Kier alpha value is -2.04. The van der Waals surface area contributed by atoms with Crippen molar-refractivity contribution >= 4 is 28.9 Å². The van der Waals surface area contributed by atoms with Crippen LogP contribution in [0, 0.1) is 0 Å². The maximum absolute atomic E-state index is 6.13. The Morgan fingerprint density at radius 3 is 2.50 bits per heavy atom. The highest BCUT2D eigenvalue weighted by atomic mass is 35.5. The van der Waals surface area contributed by atoms with Crippen molar-refractivity contribution < 1.29 is 4.52 Å². The Kier molecular flexibility index (Phi) is 3.34. The number of aromatic nitrogens is 2. The standard InChI is InChI=1S/C14H9Cl2N3O/c15-10-6-3-5-9(12(10)16)14-18-13(19-20-14)8-4-1-2-7-11(8)17/h1-7H,17H2. The fourth-order valence-electron chi connectivity index (χ4n) is 1.81. The summed E-state index contributed by atoms with van der Waals surface area (Å²) in [4.78, 5) is 4.31. The summed E-state index contributed by atoms with van der Waals surface area (Å²) in [5.41, 5.74) is 7.77. The molecule has 0 aliphatic rings. The Morgan fingerprint density at radius 2 is 1.70 bits per heavy atom. The van der Waals surface area contributed by atoms with Gasteiger partial charge in [0, 0.05) is 11.3 Å². The molecule has 0 fully saturated rings. The highest BCUT2D eigenvalue weighted by molar-refractivity contribution is 6.43. The normalized spacial score (nSPS) is 10.7. The molecule has 0 spiro atoms. The van der Waals surface area contributed by atoms with Crippen LogP contribution in [0.2, 0.25) is 10.0 Å². The fourth-order valence-corrected chi connectivity index (χ4v) is 2.19. The van der Waals surface area contributed by atoms with Crippen LogP contribution in [-0.4, -0.2) is 10.1 Å². The van der Waals surface area contributed by atoms with Gasteiger partial charge in [-0.15, -0.1) is 0 Å². The average molecular weight is 306 g/mol. The molecule has 1 heterocycles. The highest BCUT2D eigenvalue weighted by Gasteiger charge is 2.15. The van der Waals surface area contributed by atoms with Crippen LogP contribution >= 0.6 is 23.2 Å². The number of nitrogen functional groups attached to an aromatic ring is 1.